The monoisotopic (exact) mass is 486 g/mol. The molecule has 0 radical (unpaired) electrons. The topological polar surface area (TPSA) is 60.4 Å². The second-order valence-corrected chi connectivity index (χ2v) is 12.9. The first-order valence-electron chi connectivity index (χ1n) is 9.67. The normalized spacial score (nSPS) is 13.1. The van der Waals surface area contributed by atoms with Gasteiger partial charge in [-0.3, -0.25) is 0 Å². The van der Waals surface area contributed by atoms with E-state index in [0.717, 1.165) is 29.5 Å². The molecule has 2 unspecified atom stereocenters. The molecule has 30 heavy (non-hydrogen) atoms. The van der Waals surface area contributed by atoms with E-state index in [-0.39, 0.29) is 15.8 Å². The number of hydrogen-bond acceptors (Lipinski definition) is 5. The lowest BCUT2D eigenvalue weighted by Crippen LogP contribution is -2.13. The zero-order valence-electron chi connectivity index (χ0n) is 17.4. The van der Waals surface area contributed by atoms with Crippen LogP contribution in [0.1, 0.15) is 47.4 Å². The van der Waals surface area contributed by atoms with Crippen molar-refractivity contribution >= 4 is 48.6 Å². The molecule has 0 amide bonds. The minimum absolute atomic E-state index is 0.135. The number of carbonyl (C=O) groups is 1. The Kier molecular flexibility index (Phi) is 10.2. The average molecular weight is 487 g/mol. The molecule has 4 nitrogen and oxygen atoms in total. The van der Waals surface area contributed by atoms with E-state index in [1.807, 2.05) is 12.1 Å². The lowest BCUT2D eigenvalue weighted by molar-refractivity contribution is 0.0530. The van der Waals surface area contributed by atoms with Gasteiger partial charge in [0.05, 0.1) is 15.6 Å². The Bertz CT molecular complexity index is 883. The molecule has 0 saturated heterocycles. The van der Waals surface area contributed by atoms with E-state index in [1.54, 1.807) is 48.2 Å². The summed E-state index contributed by atoms with van der Waals surface area (Å²) in [6.07, 6.45) is 1.78. The van der Waals surface area contributed by atoms with Gasteiger partial charge < -0.3 is 4.74 Å². The van der Waals surface area contributed by atoms with Gasteiger partial charge in [-0.15, -0.1) is 11.6 Å². The molecular formula is C22H28ClO4PS2. The molecule has 2 rings (SSSR count). The molecule has 0 heterocycles. The molecule has 0 fully saturated rings. The summed E-state index contributed by atoms with van der Waals surface area (Å²) >= 11 is 8.23. The summed E-state index contributed by atoms with van der Waals surface area (Å²) in [6.45, 7) is 6.82. The zero-order valence-corrected chi connectivity index (χ0v) is 20.9. The van der Waals surface area contributed by atoms with Gasteiger partial charge >= 0.3 is 5.97 Å². The molecule has 0 aliphatic carbocycles. The third kappa shape index (κ3) is 8.97. The van der Waals surface area contributed by atoms with Gasteiger partial charge in [0, 0.05) is 10.5 Å². The summed E-state index contributed by atoms with van der Waals surface area (Å²) in [4.78, 5) is 12.4. The van der Waals surface area contributed by atoms with Gasteiger partial charge in [0.15, 0.2) is 10.7 Å². The molecule has 2 aromatic rings. The summed E-state index contributed by atoms with van der Waals surface area (Å²) in [5, 5.41) is -0.135. The van der Waals surface area contributed by atoms with Gasteiger partial charge in [0.2, 0.25) is 0 Å². The van der Waals surface area contributed by atoms with E-state index in [4.69, 9.17) is 16.3 Å². The number of ether oxygens (including phenoxy) is 1. The Morgan fingerprint density at radius 2 is 1.73 bits per heavy atom. The van der Waals surface area contributed by atoms with Crippen molar-refractivity contribution in [1.82, 2.24) is 0 Å². The second-order valence-electron chi connectivity index (χ2n) is 7.71. The Morgan fingerprint density at radius 3 is 2.30 bits per heavy atom. The van der Waals surface area contributed by atoms with Gasteiger partial charge in [-0.25, -0.2) is 13.2 Å². The number of carbonyl (C=O) groups excluding carboxylic acids is 1. The van der Waals surface area contributed by atoms with Crippen molar-refractivity contribution in [1.29, 1.82) is 0 Å². The number of thiol groups is 1. The highest BCUT2D eigenvalue weighted by Gasteiger charge is 2.12. The highest BCUT2D eigenvalue weighted by molar-refractivity contribution is 8.00. The summed E-state index contributed by atoms with van der Waals surface area (Å²) in [6, 6.07) is 14.2. The molecular weight excluding hydrogens is 459 g/mol. The highest BCUT2D eigenvalue weighted by atomic mass is 35.5. The molecule has 0 saturated carbocycles. The molecule has 0 N–H and O–H groups in total. The number of rotatable bonds is 10. The smallest absolute Gasteiger partial charge is 0.338 e. The minimum atomic E-state index is -2.56. The Morgan fingerprint density at radius 1 is 1.10 bits per heavy atom. The number of alkyl halides is 1. The molecule has 164 valence electrons. The van der Waals surface area contributed by atoms with Crippen LogP contribution in [0.4, 0.5) is 0 Å². The second kappa shape index (κ2) is 12.1. The van der Waals surface area contributed by atoms with Crippen molar-refractivity contribution in [2.24, 2.45) is 0 Å². The van der Waals surface area contributed by atoms with Gasteiger partial charge in [0.25, 0.3) is 0 Å². The minimum Gasteiger partial charge on any atom is -0.461 e. The molecule has 0 aliphatic heterocycles. The van der Waals surface area contributed by atoms with E-state index < -0.39 is 10.7 Å². The molecule has 0 spiro atoms. The zero-order chi connectivity index (χ0) is 22.1. The summed E-state index contributed by atoms with van der Waals surface area (Å²) in [7, 11) is -2.05. The largest absolute Gasteiger partial charge is 0.461 e. The molecule has 0 aliphatic rings. The lowest BCUT2D eigenvalue weighted by Gasteiger charge is -2.17. The summed E-state index contributed by atoms with van der Waals surface area (Å²) in [5.41, 5.74) is 2.64. The van der Waals surface area contributed by atoms with Crippen LogP contribution >= 0.6 is 31.9 Å². The first kappa shape index (κ1) is 25.2. The first-order chi connectivity index (χ1) is 14.2. The summed E-state index contributed by atoms with van der Waals surface area (Å²) in [5.74, 6) is 0.494. The number of esters is 1. The van der Waals surface area contributed by atoms with E-state index in [1.165, 1.54) is 0 Å². The molecule has 0 bridgehead atoms. The molecule has 2 atom stereocenters. The van der Waals surface area contributed by atoms with Crippen LogP contribution in [0.15, 0.2) is 53.4 Å². The number of halogens is 1. The molecule has 8 heteroatoms. The van der Waals surface area contributed by atoms with Crippen LogP contribution in [0.3, 0.4) is 0 Å². The van der Waals surface area contributed by atoms with Crippen LogP contribution in [0, 0.1) is 0 Å². The SMILES string of the molecule is CC(C)(C)SCCOC(=O)c1ccc(CCPC(Cl)c2ccc([SH](=O)=O)cc2)cc1. The van der Waals surface area contributed by atoms with Crippen molar-refractivity contribution in [3.8, 4) is 0 Å². The van der Waals surface area contributed by atoms with Crippen LogP contribution in [-0.2, 0) is 21.9 Å². The van der Waals surface area contributed by atoms with Crippen molar-refractivity contribution in [3.63, 3.8) is 0 Å². The number of aryl methyl sites for hydroxylation is 1. The number of benzene rings is 2. The molecule has 2 aromatic carbocycles. The van der Waals surface area contributed by atoms with E-state index in [2.05, 4.69) is 20.8 Å². The third-order valence-electron chi connectivity index (χ3n) is 4.17. The van der Waals surface area contributed by atoms with Gasteiger partial charge in [-0.2, -0.15) is 11.8 Å². The number of hydrogen-bond donors (Lipinski definition) is 1. The predicted octanol–water partition coefficient (Wildman–Crippen LogP) is 5.50. The fraction of sp³-hybridized carbons (Fsp3) is 0.409. The van der Waals surface area contributed by atoms with Crippen LogP contribution in [-0.4, -0.2) is 37.7 Å². The fourth-order valence-corrected chi connectivity index (χ4v) is 5.36. The van der Waals surface area contributed by atoms with Crippen molar-refractivity contribution < 1.29 is 17.9 Å². The third-order valence-corrected chi connectivity index (χ3v) is 8.08. The van der Waals surface area contributed by atoms with Crippen molar-refractivity contribution in [2.75, 3.05) is 18.5 Å². The maximum absolute atomic E-state index is 12.1. The lowest BCUT2D eigenvalue weighted by atomic mass is 10.1. The average Bonchev–Trinajstić information content (AvgIpc) is 2.71. The predicted molar refractivity (Wildman–Crippen MR) is 129 cm³/mol. The standard InChI is InChI=1S/C22H28ClO4PS2/c1-22(2,3)29-15-13-27-21(24)18-6-4-16(5-7-18)12-14-28-20(23)17-8-10-19(11-9-17)30(25)26/h4-11,20,28,30H,12-15H2,1-3H3. The van der Waals surface area contributed by atoms with Crippen LogP contribution in [0.25, 0.3) is 0 Å². The van der Waals surface area contributed by atoms with Gasteiger partial charge in [-0.1, -0.05) is 53.6 Å². The quantitative estimate of drug-likeness (QED) is 0.158. The van der Waals surface area contributed by atoms with Crippen LogP contribution in [0.5, 0.6) is 0 Å². The Hall–Kier alpha value is -1.07. The molecule has 0 aromatic heterocycles. The summed E-state index contributed by atoms with van der Waals surface area (Å²) < 4.78 is 27.4. The van der Waals surface area contributed by atoms with Gasteiger partial charge in [0.1, 0.15) is 6.61 Å². The van der Waals surface area contributed by atoms with Crippen LogP contribution in [0.2, 0.25) is 0 Å². The maximum atomic E-state index is 12.1. The highest BCUT2D eigenvalue weighted by Crippen LogP contribution is 2.38. The van der Waals surface area contributed by atoms with Crippen molar-refractivity contribution in [2.45, 2.75) is 42.0 Å². The van der Waals surface area contributed by atoms with E-state index in [9.17, 15) is 13.2 Å². The Labute approximate surface area is 191 Å². The van der Waals surface area contributed by atoms with E-state index in [0.29, 0.717) is 25.6 Å². The maximum Gasteiger partial charge on any atom is 0.338 e. The van der Waals surface area contributed by atoms with Crippen LogP contribution < -0.4 is 0 Å². The Balaban J connectivity index is 1.75. The number of thioether (sulfide) groups is 1. The van der Waals surface area contributed by atoms with Crippen molar-refractivity contribution in [3.05, 3.63) is 65.2 Å². The van der Waals surface area contributed by atoms with Gasteiger partial charge in [-0.05, 0) is 48.0 Å². The van der Waals surface area contributed by atoms with E-state index >= 15 is 0 Å². The first-order valence-corrected chi connectivity index (χ1v) is 13.6. The fourth-order valence-electron chi connectivity index (χ4n) is 2.60.